The van der Waals surface area contributed by atoms with Crippen LogP contribution in [0.3, 0.4) is 0 Å². The zero-order valence-corrected chi connectivity index (χ0v) is 10.9. The zero-order valence-electron chi connectivity index (χ0n) is 10.9. The number of carbonyl (C=O) groups is 1. The number of pyridine rings is 1. The van der Waals surface area contributed by atoms with E-state index in [-0.39, 0.29) is 0 Å². The molecule has 1 heterocycles. The summed E-state index contributed by atoms with van der Waals surface area (Å²) in [5, 5.41) is 8.62. The molecule has 0 saturated heterocycles. The number of aromatic nitrogens is 1. The number of hydrogen-bond acceptors (Lipinski definition) is 4. The molecule has 1 aromatic rings. The van der Waals surface area contributed by atoms with Crippen LogP contribution in [0.15, 0.2) is 18.2 Å². The molecule has 0 amide bonds. The molecule has 18 heavy (non-hydrogen) atoms. The summed E-state index contributed by atoms with van der Waals surface area (Å²) in [5.41, 5.74) is 1.36. The summed E-state index contributed by atoms with van der Waals surface area (Å²) >= 11 is 0. The van der Waals surface area contributed by atoms with Gasteiger partial charge in [-0.05, 0) is 39.2 Å². The lowest BCUT2D eigenvalue weighted by molar-refractivity contribution is -0.131. The molecule has 0 aliphatic heterocycles. The van der Waals surface area contributed by atoms with Crippen molar-refractivity contribution in [2.24, 2.45) is 0 Å². The van der Waals surface area contributed by atoms with Crippen molar-refractivity contribution in [1.29, 1.82) is 0 Å². The van der Waals surface area contributed by atoms with E-state index in [0.29, 0.717) is 18.1 Å². The second kappa shape index (κ2) is 6.76. The van der Waals surface area contributed by atoms with Gasteiger partial charge in [-0.3, -0.25) is 0 Å². The van der Waals surface area contributed by atoms with Crippen LogP contribution in [-0.2, 0) is 4.79 Å². The van der Waals surface area contributed by atoms with E-state index in [1.807, 2.05) is 32.0 Å². The molecule has 5 heteroatoms. The Bertz CT molecular complexity index is 442. The molecule has 0 atom stereocenters. The van der Waals surface area contributed by atoms with Crippen LogP contribution in [0, 0.1) is 6.92 Å². The molecule has 5 nitrogen and oxygen atoms in total. The fraction of sp³-hybridized carbons (Fsp3) is 0.385. The fourth-order valence-corrected chi connectivity index (χ4v) is 1.29. The Labute approximate surface area is 107 Å². The second-order valence-electron chi connectivity index (χ2n) is 4.16. The molecular formula is C13H18N2O3. The maximum atomic E-state index is 10.5. The highest BCUT2D eigenvalue weighted by atomic mass is 16.5. The van der Waals surface area contributed by atoms with Crippen LogP contribution in [0.2, 0.25) is 0 Å². The number of hydrogen-bond donors (Lipinski definition) is 1. The van der Waals surface area contributed by atoms with Crippen molar-refractivity contribution in [2.45, 2.75) is 6.92 Å². The number of aliphatic carboxylic acids is 1. The van der Waals surface area contributed by atoms with Crippen LogP contribution in [0.1, 0.15) is 11.4 Å². The molecule has 1 rings (SSSR count). The molecule has 0 aliphatic carbocycles. The Morgan fingerprint density at radius 3 is 2.83 bits per heavy atom. The van der Waals surface area contributed by atoms with Gasteiger partial charge in [0.1, 0.15) is 18.1 Å². The number of aryl methyl sites for hydroxylation is 1. The molecule has 0 aromatic carbocycles. The van der Waals surface area contributed by atoms with Gasteiger partial charge < -0.3 is 14.7 Å². The van der Waals surface area contributed by atoms with Gasteiger partial charge in [-0.2, -0.15) is 0 Å². The molecule has 0 unspecified atom stereocenters. The smallest absolute Gasteiger partial charge is 0.328 e. The van der Waals surface area contributed by atoms with Gasteiger partial charge in [0.05, 0.1) is 0 Å². The second-order valence-corrected chi connectivity index (χ2v) is 4.16. The lowest BCUT2D eigenvalue weighted by atomic mass is 10.2. The minimum absolute atomic E-state index is 0.533. The van der Waals surface area contributed by atoms with Crippen LogP contribution in [0.5, 0.6) is 5.75 Å². The lowest BCUT2D eigenvalue weighted by Crippen LogP contribution is -2.19. The third-order valence-corrected chi connectivity index (χ3v) is 2.21. The quantitative estimate of drug-likeness (QED) is 0.774. The van der Waals surface area contributed by atoms with Crippen LogP contribution in [0.4, 0.5) is 0 Å². The van der Waals surface area contributed by atoms with Crippen molar-refractivity contribution in [2.75, 3.05) is 27.2 Å². The van der Waals surface area contributed by atoms with Crippen molar-refractivity contribution in [3.63, 3.8) is 0 Å². The van der Waals surface area contributed by atoms with Crippen LogP contribution < -0.4 is 4.74 Å². The van der Waals surface area contributed by atoms with Crippen molar-refractivity contribution < 1.29 is 14.6 Å². The molecular weight excluding hydrogens is 232 g/mol. The van der Waals surface area contributed by atoms with E-state index in [0.717, 1.165) is 18.3 Å². The maximum Gasteiger partial charge on any atom is 0.328 e. The molecule has 98 valence electrons. The van der Waals surface area contributed by atoms with Gasteiger partial charge in [0.15, 0.2) is 0 Å². The first kappa shape index (κ1) is 14.2. The van der Waals surface area contributed by atoms with Crippen molar-refractivity contribution in [1.82, 2.24) is 9.88 Å². The minimum Gasteiger partial charge on any atom is -0.490 e. The van der Waals surface area contributed by atoms with E-state index >= 15 is 0 Å². The Hall–Kier alpha value is -1.88. The number of ether oxygens (including phenoxy) is 1. The van der Waals surface area contributed by atoms with Crippen LogP contribution >= 0.6 is 0 Å². The standard InChI is InChI=1S/C13H18N2O3/c1-10-4-6-12(18-9-8-15(2)3)11(14-10)5-7-13(16)17/h4-7H,8-9H2,1-3H3,(H,16,17). The molecule has 0 saturated carbocycles. The van der Waals surface area contributed by atoms with E-state index in [2.05, 4.69) is 4.98 Å². The Morgan fingerprint density at radius 1 is 1.50 bits per heavy atom. The molecule has 0 radical (unpaired) electrons. The van der Waals surface area contributed by atoms with Gasteiger partial charge in [-0.1, -0.05) is 0 Å². The highest BCUT2D eigenvalue weighted by Crippen LogP contribution is 2.18. The first-order valence-corrected chi connectivity index (χ1v) is 5.65. The van der Waals surface area contributed by atoms with Gasteiger partial charge in [0.2, 0.25) is 0 Å². The number of carboxylic acids is 1. The number of nitrogens with zero attached hydrogens (tertiary/aromatic N) is 2. The average Bonchev–Trinajstić information content (AvgIpc) is 2.28. The van der Waals surface area contributed by atoms with Crippen LogP contribution in [-0.4, -0.2) is 48.2 Å². The molecule has 1 N–H and O–H groups in total. The van der Waals surface area contributed by atoms with Gasteiger partial charge in [0.25, 0.3) is 0 Å². The highest BCUT2D eigenvalue weighted by molar-refractivity contribution is 5.85. The molecule has 0 aliphatic rings. The normalized spacial score (nSPS) is 11.1. The minimum atomic E-state index is -1.00. The third-order valence-electron chi connectivity index (χ3n) is 2.21. The highest BCUT2D eigenvalue weighted by Gasteiger charge is 2.04. The number of likely N-dealkylation sites (N-methyl/N-ethyl adjacent to an activating group) is 1. The SMILES string of the molecule is Cc1ccc(OCCN(C)C)c(C=CC(=O)O)n1. The summed E-state index contributed by atoms with van der Waals surface area (Å²) < 4.78 is 5.59. The van der Waals surface area contributed by atoms with Gasteiger partial charge in [0, 0.05) is 18.3 Å². The monoisotopic (exact) mass is 250 g/mol. The van der Waals surface area contributed by atoms with E-state index in [4.69, 9.17) is 9.84 Å². The zero-order chi connectivity index (χ0) is 13.5. The van der Waals surface area contributed by atoms with E-state index in [9.17, 15) is 4.79 Å². The summed E-state index contributed by atoms with van der Waals surface area (Å²) in [6.45, 7) is 3.17. The Kier molecular flexibility index (Phi) is 5.32. The molecule has 0 spiro atoms. The summed E-state index contributed by atoms with van der Waals surface area (Å²) in [7, 11) is 3.92. The summed E-state index contributed by atoms with van der Waals surface area (Å²) in [5.74, 6) is -0.405. The molecule has 0 fully saturated rings. The topological polar surface area (TPSA) is 62.7 Å². The summed E-state index contributed by atoms with van der Waals surface area (Å²) in [6, 6.07) is 3.64. The van der Waals surface area contributed by atoms with E-state index in [1.165, 1.54) is 6.08 Å². The Balaban J connectivity index is 2.79. The van der Waals surface area contributed by atoms with Gasteiger partial charge in [-0.25, -0.2) is 9.78 Å². The van der Waals surface area contributed by atoms with Crippen molar-refractivity contribution in [3.8, 4) is 5.75 Å². The summed E-state index contributed by atoms with van der Waals surface area (Å²) in [4.78, 5) is 16.8. The number of carboxylic acid groups (broad SMARTS) is 1. The third kappa shape index (κ3) is 4.97. The predicted octanol–water partition coefficient (Wildman–Crippen LogP) is 1.43. The van der Waals surface area contributed by atoms with Crippen LogP contribution in [0.25, 0.3) is 6.08 Å². The lowest BCUT2D eigenvalue weighted by Gasteiger charge is -2.12. The van der Waals surface area contributed by atoms with E-state index in [1.54, 1.807) is 6.07 Å². The first-order chi connectivity index (χ1) is 8.49. The fourth-order valence-electron chi connectivity index (χ4n) is 1.29. The maximum absolute atomic E-state index is 10.5. The van der Waals surface area contributed by atoms with Crippen molar-refractivity contribution >= 4 is 12.0 Å². The first-order valence-electron chi connectivity index (χ1n) is 5.65. The predicted molar refractivity (Wildman–Crippen MR) is 69.7 cm³/mol. The largest absolute Gasteiger partial charge is 0.490 e. The average molecular weight is 250 g/mol. The number of rotatable bonds is 6. The van der Waals surface area contributed by atoms with Gasteiger partial charge in [-0.15, -0.1) is 0 Å². The molecule has 1 aromatic heterocycles. The molecule has 0 bridgehead atoms. The van der Waals surface area contributed by atoms with Crippen molar-refractivity contribution in [3.05, 3.63) is 29.6 Å². The van der Waals surface area contributed by atoms with Gasteiger partial charge >= 0.3 is 5.97 Å². The Morgan fingerprint density at radius 2 is 2.22 bits per heavy atom. The summed E-state index contributed by atoms with van der Waals surface area (Å²) in [6.07, 6.45) is 2.50. The van der Waals surface area contributed by atoms with E-state index < -0.39 is 5.97 Å².